The SMILES string of the molecule is CCC(CC)(CNC(C)C)COCC(F)(F)F. The predicted octanol–water partition coefficient (Wildman–Crippen LogP) is 3.37. The molecule has 104 valence electrons. The smallest absolute Gasteiger partial charge is 0.371 e. The Morgan fingerprint density at radius 2 is 1.59 bits per heavy atom. The van der Waals surface area contributed by atoms with Crippen molar-refractivity contribution in [3.8, 4) is 0 Å². The van der Waals surface area contributed by atoms with E-state index < -0.39 is 12.8 Å². The summed E-state index contributed by atoms with van der Waals surface area (Å²) in [5.41, 5.74) is -0.199. The second kappa shape index (κ2) is 7.21. The summed E-state index contributed by atoms with van der Waals surface area (Å²) in [6.45, 7) is 7.70. The molecule has 0 amide bonds. The lowest BCUT2D eigenvalue weighted by Crippen LogP contribution is -2.40. The van der Waals surface area contributed by atoms with Crippen molar-refractivity contribution in [2.75, 3.05) is 19.8 Å². The van der Waals surface area contributed by atoms with Crippen molar-refractivity contribution in [3.05, 3.63) is 0 Å². The van der Waals surface area contributed by atoms with Crippen molar-refractivity contribution in [2.24, 2.45) is 5.41 Å². The number of alkyl halides is 3. The van der Waals surface area contributed by atoms with Crippen LogP contribution in [0.4, 0.5) is 13.2 Å². The van der Waals surface area contributed by atoms with Crippen LogP contribution >= 0.6 is 0 Å². The molecule has 0 unspecified atom stereocenters. The lowest BCUT2D eigenvalue weighted by atomic mass is 9.83. The molecule has 17 heavy (non-hydrogen) atoms. The van der Waals surface area contributed by atoms with Gasteiger partial charge in [-0.1, -0.05) is 27.7 Å². The van der Waals surface area contributed by atoms with Gasteiger partial charge in [-0.2, -0.15) is 13.2 Å². The summed E-state index contributed by atoms with van der Waals surface area (Å²) in [5.74, 6) is 0. The van der Waals surface area contributed by atoms with Gasteiger partial charge in [-0.05, 0) is 12.8 Å². The normalized spacial score (nSPS) is 13.4. The number of halogens is 3. The Hall–Kier alpha value is -0.290. The van der Waals surface area contributed by atoms with Crippen LogP contribution in [0.25, 0.3) is 0 Å². The highest BCUT2D eigenvalue weighted by Gasteiger charge is 2.31. The maximum absolute atomic E-state index is 12.0. The number of hydrogen-bond acceptors (Lipinski definition) is 2. The minimum atomic E-state index is -4.24. The van der Waals surface area contributed by atoms with E-state index in [9.17, 15) is 13.2 Å². The van der Waals surface area contributed by atoms with Crippen molar-refractivity contribution in [2.45, 2.75) is 52.8 Å². The van der Waals surface area contributed by atoms with Crippen molar-refractivity contribution in [3.63, 3.8) is 0 Å². The highest BCUT2D eigenvalue weighted by Crippen LogP contribution is 2.27. The monoisotopic (exact) mass is 255 g/mol. The van der Waals surface area contributed by atoms with Gasteiger partial charge in [0.1, 0.15) is 6.61 Å². The summed E-state index contributed by atoms with van der Waals surface area (Å²) in [6.07, 6.45) is -2.62. The fourth-order valence-corrected chi connectivity index (χ4v) is 1.56. The van der Waals surface area contributed by atoms with Crippen LogP contribution < -0.4 is 5.32 Å². The lowest BCUT2D eigenvalue weighted by molar-refractivity contribution is -0.181. The molecule has 0 aliphatic rings. The number of nitrogens with one attached hydrogen (secondary N) is 1. The van der Waals surface area contributed by atoms with E-state index in [1.807, 2.05) is 27.7 Å². The maximum atomic E-state index is 12.0. The molecule has 5 heteroatoms. The predicted molar refractivity (Wildman–Crippen MR) is 63.0 cm³/mol. The van der Waals surface area contributed by atoms with Crippen LogP contribution in [0.15, 0.2) is 0 Å². The molecule has 0 radical (unpaired) electrons. The zero-order chi connectivity index (χ0) is 13.5. The Balaban J connectivity index is 4.20. The van der Waals surface area contributed by atoms with Gasteiger partial charge < -0.3 is 10.1 Å². The van der Waals surface area contributed by atoms with Gasteiger partial charge >= 0.3 is 6.18 Å². The summed E-state index contributed by atoms with van der Waals surface area (Å²) in [6, 6.07) is 0.329. The summed E-state index contributed by atoms with van der Waals surface area (Å²) in [4.78, 5) is 0. The first-order valence-electron chi connectivity index (χ1n) is 6.12. The third-order valence-electron chi connectivity index (χ3n) is 3.06. The molecule has 0 aromatic carbocycles. The molecule has 0 aliphatic heterocycles. The summed E-state index contributed by atoms with van der Waals surface area (Å²) < 4.78 is 40.8. The molecule has 1 N–H and O–H groups in total. The van der Waals surface area contributed by atoms with E-state index in [1.165, 1.54) is 0 Å². The molecule has 0 aliphatic carbocycles. The van der Waals surface area contributed by atoms with Crippen LogP contribution in [0.2, 0.25) is 0 Å². The van der Waals surface area contributed by atoms with E-state index in [1.54, 1.807) is 0 Å². The zero-order valence-corrected chi connectivity index (χ0v) is 11.2. The van der Waals surface area contributed by atoms with E-state index in [4.69, 9.17) is 4.74 Å². The van der Waals surface area contributed by atoms with Gasteiger partial charge in [0.15, 0.2) is 0 Å². The minimum absolute atomic E-state index is 0.152. The number of rotatable bonds is 8. The molecule has 0 rings (SSSR count). The van der Waals surface area contributed by atoms with Crippen LogP contribution in [0.3, 0.4) is 0 Å². The molecular weight excluding hydrogens is 231 g/mol. The first-order valence-corrected chi connectivity index (χ1v) is 6.12. The Bertz CT molecular complexity index is 200. The molecule has 2 nitrogen and oxygen atoms in total. The lowest BCUT2D eigenvalue weighted by Gasteiger charge is -2.32. The largest absolute Gasteiger partial charge is 0.411 e. The quantitative estimate of drug-likeness (QED) is 0.718. The molecule has 0 spiro atoms. The van der Waals surface area contributed by atoms with Crippen LogP contribution in [-0.4, -0.2) is 32.0 Å². The van der Waals surface area contributed by atoms with Crippen LogP contribution in [0, 0.1) is 5.41 Å². The molecule has 0 bridgehead atoms. The standard InChI is InChI=1S/C12H24F3NO/c1-5-11(6-2,7-16-10(3)4)8-17-9-12(13,14)15/h10,16H,5-9H2,1-4H3. The number of ether oxygens (including phenoxy) is 1. The van der Waals surface area contributed by atoms with Crippen molar-refractivity contribution < 1.29 is 17.9 Å². The van der Waals surface area contributed by atoms with Gasteiger partial charge in [0.25, 0.3) is 0 Å². The first-order chi connectivity index (χ1) is 7.74. The van der Waals surface area contributed by atoms with Gasteiger partial charge in [-0.25, -0.2) is 0 Å². The molecule has 0 heterocycles. The Kier molecular flexibility index (Phi) is 7.09. The van der Waals surface area contributed by atoms with Crippen LogP contribution in [0.5, 0.6) is 0 Å². The van der Waals surface area contributed by atoms with E-state index in [0.717, 1.165) is 12.8 Å². The van der Waals surface area contributed by atoms with E-state index in [0.29, 0.717) is 12.6 Å². The van der Waals surface area contributed by atoms with E-state index >= 15 is 0 Å². The van der Waals surface area contributed by atoms with Gasteiger partial charge in [0, 0.05) is 18.0 Å². The molecule has 0 saturated heterocycles. The molecule has 0 saturated carbocycles. The Morgan fingerprint density at radius 1 is 1.06 bits per heavy atom. The Labute approximate surface area is 102 Å². The summed E-state index contributed by atoms with van der Waals surface area (Å²) >= 11 is 0. The second-order valence-corrected chi connectivity index (χ2v) is 4.85. The average Bonchev–Trinajstić information content (AvgIpc) is 2.21. The van der Waals surface area contributed by atoms with Gasteiger partial charge in [0.2, 0.25) is 0 Å². The molecule has 0 aromatic rings. The first kappa shape index (κ1) is 16.7. The van der Waals surface area contributed by atoms with Crippen molar-refractivity contribution in [1.82, 2.24) is 5.32 Å². The maximum Gasteiger partial charge on any atom is 0.411 e. The second-order valence-electron chi connectivity index (χ2n) is 4.85. The van der Waals surface area contributed by atoms with Crippen molar-refractivity contribution >= 4 is 0 Å². The highest BCUT2D eigenvalue weighted by molar-refractivity contribution is 4.80. The van der Waals surface area contributed by atoms with Gasteiger partial charge in [-0.3, -0.25) is 0 Å². The minimum Gasteiger partial charge on any atom is -0.371 e. The Morgan fingerprint density at radius 3 is 1.94 bits per heavy atom. The van der Waals surface area contributed by atoms with Gasteiger partial charge in [-0.15, -0.1) is 0 Å². The third kappa shape index (κ3) is 7.60. The summed E-state index contributed by atoms with van der Waals surface area (Å²) in [5, 5.41) is 3.27. The average molecular weight is 255 g/mol. The molecule has 0 fully saturated rings. The van der Waals surface area contributed by atoms with E-state index in [2.05, 4.69) is 5.32 Å². The van der Waals surface area contributed by atoms with Gasteiger partial charge in [0.05, 0.1) is 6.61 Å². The fourth-order valence-electron chi connectivity index (χ4n) is 1.56. The number of hydrogen-bond donors (Lipinski definition) is 1. The zero-order valence-electron chi connectivity index (χ0n) is 11.2. The molecule has 0 atom stereocenters. The highest BCUT2D eigenvalue weighted by atomic mass is 19.4. The van der Waals surface area contributed by atoms with Crippen LogP contribution in [0.1, 0.15) is 40.5 Å². The topological polar surface area (TPSA) is 21.3 Å². The van der Waals surface area contributed by atoms with E-state index in [-0.39, 0.29) is 12.0 Å². The third-order valence-corrected chi connectivity index (χ3v) is 3.06. The molecule has 0 aromatic heterocycles. The molecular formula is C12H24F3NO. The fraction of sp³-hybridized carbons (Fsp3) is 1.00. The van der Waals surface area contributed by atoms with Crippen molar-refractivity contribution in [1.29, 1.82) is 0 Å². The summed E-state index contributed by atoms with van der Waals surface area (Å²) in [7, 11) is 0. The van der Waals surface area contributed by atoms with Crippen LogP contribution in [-0.2, 0) is 4.74 Å².